The minimum atomic E-state index is 0. The van der Waals surface area contributed by atoms with Crippen molar-refractivity contribution >= 4 is 16.8 Å². The molecule has 0 atom stereocenters. The number of benzene rings is 3. The number of aryl methyl sites for hydroxylation is 2. The Labute approximate surface area is 191 Å². The predicted molar refractivity (Wildman–Crippen MR) is 111 cm³/mol. The summed E-state index contributed by atoms with van der Waals surface area (Å²) in [5.74, 6) is 0. The zero-order chi connectivity index (χ0) is 18.4. The predicted octanol–water partition coefficient (Wildman–Crippen LogP) is 5.47. The van der Waals surface area contributed by atoms with Gasteiger partial charge in [-0.25, -0.2) is 4.57 Å². The van der Waals surface area contributed by atoms with Gasteiger partial charge in [0.2, 0.25) is 0 Å². The average molecular weight is 435 g/mol. The topological polar surface area (TPSA) is 3.88 Å². The summed E-state index contributed by atoms with van der Waals surface area (Å²) < 4.78 is 2.15. The number of rotatable bonds is 2. The van der Waals surface area contributed by atoms with Crippen molar-refractivity contribution in [3.63, 3.8) is 0 Å². The molecule has 5 rings (SSSR count). The third-order valence-electron chi connectivity index (χ3n) is 5.40. The summed E-state index contributed by atoms with van der Waals surface area (Å²) in [5.41, 5.74) is 8.42. The van der Waals surface area contributed by atoms with Crippen molar-refractivity contribution in [2.75, 3.05) is 0 Å². The molecule has 1 heterocycles. The van der Waals surface area contributed by atoms with Crippen molar-refractivity contribution in [2.45, 2.75) is 13.3 Å². The number of aromatic nitrogens is 1. The second-order valence-electron chi connectivity index (χ2n) is 7.21. The van der Waals surface area contributed by atoms with Crippen molar-refractivity contribution in [1.82, 2.24) is 0 Å². The number of nitrogens with zero attached hydrogens (tertiary/aromatic N) is 1. The van der Waals surface area contributed by atoms with Crippen LogP contribution in [0.3, 0.4) is 0 Å². The first-order valence-electron chi connectivity index (χ1n) is 9.33. The average Bonchev–Trinajstić information content (AvgIpc) is 2.69. The van der Waals surface area contributed by atoms with Gasteiger partial charge in [0.05, 0.1) is 0 Å². The fraction of sp³-hybridized carbons (Fsp3) is 0.115. The van der Waals surface area contributed by atoms with E-state index in [0.29, 0.717) is 0 Å². The minimum Gasteiger partial charge on any atom is -0.234 e. The molecule has 2 heteroatoms. The first kappa shape index (κ1) is 19.2. The van der Waals surface area contributed by atoms with Crippen molar-refractivity contribution in [3.05, 3.63) is 95.7 Å². The molecule has 4 aromatic rings. The molecule has 1 aromatic heterocycles. The Bertz CT molecular complexity index is 1220. The van der Waals surface area contributed by atoms with Gasteiger partial charge in [0.15, 0.2) is 6.20 Å². The van der Waals surface area contributed by atoms with Crippen molar-refractivity contribution in [2.24, 2.45) is 7.05 Å². The maximum absolute atomic E-state index is 3.66. The normalized spacial score (nSPS) is 12.1. The van der Waals surface area contributed by atoms with Crippen LogP contribution in [0.1, 0.15) is 16.7 Å². The van der Waals surface area contributed by atoms with Gasteiger partial charge in [0.1, 0.15) is 12.7 Å². The van der Waals surface area contributed by atoms with Gasteiger partial charge in [-0.1, -0.05) is 53.8 Å². The summed E-state index contributed by atoms with van der Waals surface area (Å²) in [7, 11) is 2.08. The van der Waals surface area contributed by atoms with E-state index >= 15 is 0 Å². The van der Waals surface area contributed by atoms with Crippen LogP contribution in [0.25, 0.3) is 39.2 Å². The Morgan fingerprint density at radius 3 is 2.68 bits per heavy atom. The quantitative estimate of drug-likeness (QED) is 0.290. The molecule has 0 amide bonds. The largest absolute Gasteiger partial charge is 0.234 e. The molecule has 133 valence electrons. The van der Waals surface area contributed by atoms with Crippen LogP contribution in [0, 0.1) is 19.1 Å². The van der Waals surface area contributed by atoms with E-state index in [1.807, 2.05) is 0 Å². The van der Waals surface area contributed by atoms with Crippen LogP contribution < -0.4 is 4.57 Å². The van der Waals surface area contributed by atoms with E-state index in [0.717, 1.165) is 23.1 Å². The number of allylic oxidation sites excluding steroid dienone is 1. The molecule has 0 bridgehead atoms. The zero-order valence-corrected chi connectivity index (χ0v) is 19.0. The molecular formula is C26H20NY-. The summed E-state index contributed by atoms with van der Waals surface area (Å²) in [5, 5.41) is 2.52. The Morgan fingerprint density at radius 2 is 1.82 bits per heavy atom. The van der Waals surface area contributed by atoms with Gasteiger partial charge in [0, 0.05) is 38.8 Å². The van der Waals surface area contributed by atoms with Gasteiger partial charge in [-0.05, 0) is 12.5 Å². The molecule has 28 heavy (non-hydrogen) atoms. The SMILES string of the molecule is Cc1ccc(-c2[c-]c3cccc4c3c(c2)CC=C4)[c-]c1-c1cccc[n+]1C.[Y]. The Kier molecular flexibility index (Phi) is 5.32. The summed E-state index contributed by atoms with van der Waals surface area (Å²) in [6, 6.07) is 26.7. The van der Waals surface area contributed by atoms with E-state index in [2.05, 4.69) is 104 Å². The van der Waals surface area contributed by atoms with Crippen LogP contribution in [0.4, 0.5) is 0 Å². The Balaban J connectivity index is 0.00000192. The van der Waals surface area contributed by atoms with Gasteiger partial charge in [-0.15, -0.1) is 28.6 Å². The van der Waals surface area contributed by atoms with Crippen LogP contribution in [0.15, 0.2) is 66.9 Å². The van der Waals surface area contributed by atoms with Crippen molar-refractivity contribution < 1.29 is 37.3 Å². The summed E-state index contributed by atoms with van der Waals surface area (Å²) in [6.45, 7) is 2.15. The molecule has 1 aliphatic rings. The van der Waals surface area contributed by atoms with Gasteiger partial charge in [0.25, 0.3) is 0 Å². The molecule has 0 saturated heterocycles. The van der Waals surface area contributed by atoms with E-state index in [4.69, 9.17) is 0 Å². The molecule has 0 unspecified atom stereocenters. The Hall–Kier alpha value is -2.09. The van der Waals surface area contributed by atoms with Gasteiger partial charge in [-0.2, -0.15) is 35.4 Å². The molecule has 1 aliphatic carbocycles. The second kappa shape index (κ2) is 7.74. The number of hydrogen-bond acceptors (Lipinski definition) is 0. The van der Waals surface area contributed by atoms with E-state index in [1.165, 1.54) is 33.2 Å². The number of hydrogen-bond donors (Lipinski definition) is 0. The van der Waals surface area contributed by atoms with Crippen LogP contribution in [-0.2, 0) is 46.2 Å². The molecule has 1 nitrogen and oxygen atoms in total. The van der Waals surface area contributed by atoms with E-state index in [1.54, 1.807) is 0 Å². The van der Waals surface area contributed by atoms with Gasteiger partial charge >= 0.3 is 0 Å². The van der Waals surface area contributed by atoms with Crippen LogP contribution in [0.2, 0.25) is 0 Å². The van der Waals surface area contributed by atoms with Gasteiger partial charge < -0.3 is 0 Å². The van der Waals surface area contributed by atoms with Crippen molar-refractivity contribution in [1.29, 1.82) is 0 Å². The molecular weight excluding hydrogens is 415 g/mol. The van der Waals surface area contributed by atoms with E-state index < -0.39 is 0 Å². The summed E-state index contributed by atoms with van der Waals surface area (Å²) in [4.78, 5) is 0. The maximum Gasteiger partial charge on any atom is 0.161 e. The molecule has 3 aromatic carbocycles. The third kappa shape index (κ3) is 3.28. The molecule has 0 saturated carbocycles. The zero-order valence-electron chi connectivity index (χ0n) is 16.2. The monoisotopic (exact) mass is 435 g/mol. The fourth-order valence-electron chi connectivity index (χ4n) is 3.99. The summed E-state index contributed by atoms with van der Waals surface area (Å²) in [6.07, 6.45) is 7.51. The molecule has 0 fully saturated rings. The fourth-order valence-corrected chi connectivity index (χ4v) is 3.99. The standard InChI is InChI=1S/C26H20N.Y/c1-18-12-13-20(17-24(18)25-11-3-4-14-27(25)2)23-15-21-9-5-7-19-8-6-10-22(16-23)26(19)21;/h3-9,11-14,16H,10H2,1-2H3;/q-1;. The molecule has 1 radical (unpaired) electrons. The van der Waals surface area contributed by atoms with Crippen LogP contribution in [-0.4, -0.2) is 0 Å². The van der Waals surface area contributed by atoms with E-state index in [9.17, 15) is 0 Å². The van der Waals surface area contributed by atoms with E-state index in [-0.39, 0.29) is 32.7 Å². The van der Waals surface area contributed by atoms with Crippen LogP contribution >= 0.6 is 0 Å². The molecule has 0 spiro atoms. The van der Waals surface area contributed by atoms with Gasteiger partial charge in [-0.3, -0.25) is 0 Å². The maximum atomic E-state index is 3.66. The molecule has 0 aliphatic heterocycles. The molecule has 0 N–H and O–H groups in total. The van der Waals surface area contributed by atoms with Crippen LogP contribution in [0.5, 0.6) is 0 Å². The minimum absolute atomic E-state index is 0. The van der Waals surface area contributed by atoms with Crippen molar-refractivity contribution in [3.8, 4) is 22.4 Å². The summed E-state index contributed by atoms with van der Waals surface area (Å²) >= 11 is 0. The first-order chi connectivity index (χ1) is 13.2. The smallest absolute Gasteiger partial charge is 0.161 e. The second-order valence-corrected chi connectivity index (χ2v) is 7.21. The Morgan fingerprint density at radius 1 is 0.929 bits per heavy atom. The first-order valence-corrected chi connectivity index (χ1v) is 9.33. The third-order valence-corrected chi connectivity index (χ3v) is 5.40. The number of pyridine rings is 1.